The van der Waals surface area contributed by atoms with Gasteiger partial charge in [-0.05, 0) is 51.8 Å². The van der Waals surface area contributed by atoms with Gasteiger partial charge < -0.3 is 14.6 Å². The number of hydrogen-bond donors (Lipinski definition) is 1. The summed E-state index contributed by atoms with van der Waals surface area (Å²) in [5, 5.41) is 9.84. The molecule has 36 heavy (non-hydrogen) atoms. The maximum atomic E-state index is 13.8. The predicted molar refractivity (Wildman–Crippen MR) is 136 cm³/mol. The molecule has 0 amide bonds. The minimum absolute atomic E-state index is 0.0253. The summed E-state index contributed by atoms with van der Waals surface area (Å²) in [6.45, 7) is 4.47. The Morgan fingerprint density at radius 3 is 2.50 bits per heavy atom. The number of aryl methyl sites for hydroxylation is 1. The lowest BCUT2D eigenvalue weighted by Crippen LogP contribution is -2.53. The van der Waals surface area contributed by atoms with Crippen molar-refractivity contribution in [1.82, 2.24) is 14.1 Å². The smallest absolute Gasteiger partial charge is 0.332 e. The van der Waals surface area contributed by atoms with Crippen molar-refractivity contribution in [2.45, 2.75) is 77.2 Å². The summed E-state index contributed by atoms with van der Waals surface area (Å²) < 4.78 is 14.4. The summed E-state index contributed by atoms with van der Waals surface area (Å²) in [6.07, 6.45) is 4.63. The van der Waals surface area contributed by atoms with Gasteiger partial charge in [0, 0.05) is 11.3 Å². The van der Waals surface area contributed by atoms with Crippen LogP contribution in [0, 0.1) is 6.92 Å². The monoisotopic (exact) mass is 495 g/mol. The van der Waals surface area contributed by atoms with Gasteiger partial charge in [-0.2, -0.15) is 0 Å². The molecular weight excluding hydrogens is 462 g/mol. The molecule has 1 aromatic carbocycles. The number of aliphatic carboxylic acids is 1. The largest absolute Gasteiger partial charge is 0.496 e. The highest BCUT2D eigenvalue weighted by atomic mass is 16.5. The summed E-state index contributed by atoms with van der Waals surface area (Å²) in [7, 11) is 1.58. The fraction of sp³-hybridized carbons (Fsp3) is 0.481. The molecule has 0 aliphatic heterocycles. The average molecular weight is 496 g/mol. The second-order valence-electron chi connectivity index (χ2n) is 9.84. The van der Waals surface area contributed by atoms with Crippen LogP contribution in [0.4, 0.5) is 0 Å². The van der Waals surface area contributed by atoms with Gasteiger partial charge in [-0.15, -0.1) is 0 Å². The Balaban J connectivity index is 1.93. The van der Waals surface area contributed by atoms with Gasteiger partial charge in [0.25, 0.3) is 5.56 Å². The van der Waals surface area contributed by atoms with Crippen molar-refractivity contribution in [1.29, 1.82) is 0 Å². The molecule has 0 bridgehead atoms. The van der Waals surface area contributed by atoms with Crippen LogP contribution in [-0.4, -0.2) is 38.4 Å². The van der Waals surface area contributed by atoms with Crippen LogP contribution < -0.4 is 16.0 Å². The Kier molecular flexibility index (Phi) is 7.31. The van der Waals surface area contributed by atoms with Crippen LogP contribution in [0.15, 0.2) is 46.0 Å². The van der Waals surface area contributed by atoms with Crippen LogP contribution in [0.2, 0.25) is 0 Å². The molecule has 9 nitrogen and oxygen atoms in total. The SMILES string of the molecule is COc1ccccc1[C@H](Cn1c(=O)n(C(C)(C)C(=O)O)c(=O)c2nc(C)ccc21)OC1CCCCC1. The Morgan fingerprint density at radius 2 is 1.83 bits per heavy atom. The number of fused-ring (bicyclic) bond motifs is 1. The maximum absolute atomic E-state index is 13.8. The lowest BCUT2D eigenvalue weighted by atomic mass is 9.97. The Bertz CT molecular complexity index is 1380. The first-order chi connectivity index (χ1) is 17.1. The molecule has 1 saturated carbocycles. The number of hydrogen-bond acceptors (Lipinski definition) is 6. The van der Waals surface area contributed by atoms with Crippen molar-refractivity contribution in [2.24, 2.45) is 0 Å². The number of carboxylic acid groups (broad SMARTS) is 1. The van der Waals surface area contributed by atoms with E-state index in [0.717, 1.165) is 35.8 Å². The number of nitrogens with zero attached hydrogens (tertiary/aromatic N) is 3. The lowest BCUT2D eigenvalue weighted by molar-refractivity contribution is -0.146. The summed E-state index contributed by atoms with van der Waals surface area (Å²) in [4.78, 5) is 43.6. The average Bonchev–Trinajstić information content (AvgIpc) is 2.86. The van der Waals surface area contributed by atoms with Gasteiger partial charge in [0.15, 0.2) is 5.52 Å². The van der Waals surface area contributed by atoms with Crippen LogP contribution in [0.25, 0.3) is 11.0 Å². The van der Waals surface area contributed by atoms with Gasteiger partial charge in [0.1, 0.15) is 17.4 Å². The van der Waals surface area contributed by atoms with E-state index in [4.69, 9.17) is 9.47 Å². The third-order valence-corrected chi connectivity index (χ3v) is 6.96. The van der Waals surface area contributed by atoms with E-state index < -0.39 is 28.9 Å². The van der Waals surface area contributed by atoms with E-state index in [-0.39, 0.29) is 18.2 Å². The zero-order chi connectivity index (χ0) is 26.0. The molecule has 3 aromatic rings. The van der Waals surface area contributed by atoms with Crippen LogP contribution >= 0.6 is 0 Å². The zero-order valence-electron chi connectivity index (χ0n) is 21.2. The summed E-state index contributed by atoms with van der Waals surface area (Å²) in [5.41, 5.74) is -1.49. The topological polar surface area (TPSA) is 113 Å². The molecule has 9 heteroatoms. The lowest BCUT2D eigenvalue weighted by Gasteiger charge is -2.30. The van der Waals surface area contributed by atoms with E-state index in [1.54, 1.807) is 26.2 Å². The van der Waals surface area contributed by atoms with Gasteiger partial charge in [0.2, 0.25) is 0 Å². The molecule has 1 fully saturated rings. The van der Waals surface area contributed by atoms with Crippen LogP contribution in [0.1, 0.15) is 63.3 Å². The molecule has 1 atom stereocenters. The minimum Gasteiger partial charge on any atom is -0.496 e. The van der Waals surface area contributed by atoms with Crippen LogP contribution in [0.5, 0.6) is 5.75 Å². The minimum atomic E-state index is -1.78. The highest BCUT2D eigenvalue weighted by Gasteiger charge is 2.35. The molecule has 2 aromatic heterocycles. The second kappa shape index (κ2) is 10.3. The van der Waals surface area contributed by atoms with Crippen LogP contribution in [0.3, 0.4) is 0 Å². The molecule has 1 aliphatic carbocycles. The summed E-state index contributed by atoms with van der Waals surface area (Å²) >= 11 is 0. The van der Waals surface area contributed by atoms with Crippen molar-refractivity contribution in [3.8, 4) is 5.75 Å². The van der Waals surface area contributed by atoms with E-state index >= 15 is 0 Å². The maximum Gasteiger partial charge on any atom is 0.332 e. The third-order valence-electron chi connectivity index (χ3n) is 6.96. The molecule has 192 valence electrons. The van der Waals surface area contributed by atoms with Gasteiger partial charge >= 0.3 is 11.7 Å². The van der Waals surface area contributed by atoms with E-state index in [9.17, 15) is 19.5 Å². The second-order valence-corrected chi connectivity index (χ2v) is 9.84. The van der Waals surface area contributed by atoms with E-state index in [1.807, 2.05) is 24.3 Å². The number of carbonyl (C=O) groups is 1. The number of methoxy groups -OCH3 is 1. The molecule has 0 unspecified atom stereocenters. The van der Waals surface area contributed by atoms with Gasteiger partial charge in [0.05, 0.1) is 25.3 Å². The van der Waals surface area contributed by atoms with Crippen molar-refractivity contribution >= 4 is 17.0 Å². The molecule has 2 heterocycles. The Hall–Kier alpha value is -3.46. The molecule has 4 rings (SSSR count). The summed E-state index contributed by atoms with van der Waals surface area (Å²) in [5.74, 6) is -0.663. The number of aromatic nitrogens is 3. The molecule has 0 saturated heterocycles. The zero-order valence-corrected chi connectivity index (χ0v) is 21.2. The number of rotatable bonds is 8. The number of ether oxygens (including phenoxy) is 2. The number of carboxylic acids is 1. The van der Waals surface area contributed by atoms with Crippen LogP contribution in [-0.2, 0) is 21.6 Å². The van der Waals surface area contributed by atoms with Gasteiger partial charge in [-0.25, -0.2) is 19.1 Å². The Labute approximate surface area is 209 Å². The molecular formula is C27H33N3O6. The van der Waals surface area contributed by atoms with E-state index in [0.29, 0.717) is 17.0 Å². The first kappa shape index (κ1) is 25.6. The third kappa shape index (κ3) is 4.80. The van der Waals surface area contributed by atoms with Gasteiger partial charge in [-0.3, -0.25) is 9.36 Å². The first-order valence-corrected chi connectivity index (χ1v) is 12.3. The highest BCUT2D eigenvalue weighted by Crippen LogP contribution is 2.33. The molecule has 0 radical (unpaired) electrons. The van der Waals surface area contributed by atoms with Gasteiger partial charge in [-0.1, -0.05) is 37.5 Å². The molecule has 0 spiro atoms. The Morgan fingerprint density at radius 1 is 1.14 bits per heavy atom. The van der Waals surface area contributed by atoms with Crippen molar-refractivity contribution in [3.05, 3.63) is 68.5 Å². The van der Waals surface area contributed by atoms with E-state index in [2.05, 4.69) is 4.98 Å². The predicted octanol–water partition coefficient (Wildman–Crippen LogP) is 3.79. The normalized spacial score (nSPS) is 15.7. The number of para-hydroxylation sites is 1. The number of pyridine rings is 1. The summed E-state index contributed by atoms with van der Waals surface area (Å²) in [6, 6.07) is 10.9. The fourth-order valence-electron chi connectivity index (χ4n) is 4.85. The van der Waals surface area contributed by atoms with Crippen molar-refractivity contribution < 1.29 is 19.4 Å². The van der Waals surface area contributed by atoms with Crippen molar-refractivity contribution in [3.63, 3.8) is 0 Å². The highest BCUT2D eigenvalue weighted by molar-refractivity contribution is 5.78. The first-order valence-electron chi connectivity index (χ1n) is 12.3. The number of benzene rings is 1. The fourth-order valence-corrected chi connectivity index (χ4v) is 4.85. The van der Waals surface area contributed by atoms with E-state index in [1.165, 1.54) is 24.8 Å². The van der Waals surface area contributed by atoms with Crippen molar-refractivity contribution in [2.75, 3.05) is 7.11 Å². The standard InChI is InChI=1S/C27H33N3O6/c1-17-14-15-20-23(28-17)24(31)30(27(2,3)25(32)33)26(34)29(20)16-22(36-18-10-6-5-7-11-18)19-12-8-9-13-21(19)35-4/h8-9,12-15,18,22H,5-7,10-11,16H2,1-4H3,(H,32,33)/t22-/m0/s1. The molecule has 1 N–H and O–H groups in total. The molecule has 1 aliphatic rings. The quantitative estimate of drug-likeness (QED) is 0.506.